The normalized spacial score (nSPS) is 10.5. The highest BCUT2D eigenvalue weighted by atomic mass is 16.2. The molecule has 3 nitrogen and oxygen atoms in total. The number of nitrogens with zero attached hydrogens (tertiary/aromatic N) is 2. The Hall–Kier alpha value is -1.74. The van der Waals surface area contributed by atoms with Crippen molar-refractivity contribution in [2.24, 2.45) is 0 Å². The number of aryl methyl sites for hydroxylation is 2. The van der Waals surface area contributed by atoms with E-state index < -0.39 is 0 Å². The van der Waals surface area contributed by atoms with Gasteiger partial charge in [0.15, 0.2) is 0 Å². The van der Waals surface area contributed by atoms with Crippen molar-refractivity contribution >= 4 is 0 Å². The zero-order valence-corrected chi connectivity index (χ0v) is 9.93. The van der Waals surface area contributed by atoms with E-state index in [1.54, 1.807) is 6.20 Å². The van der Waals surface area contributed by atoms with E-state index in [9.17, 15) is 0 Å². The first-order chi connectivity index (χ1) is 8.31. The van der Waals surface area contributed by atoms with Crippen LogP contribution < -0.4 is 0 Å². The van der Waals surface area contributed by atoms with E-state index in [4.69, 9.17) is 5.11 Å². The summed E-state index contributed by atoms with van der Waals surface area (Å²) in [7, 11) is 0. The molecule has 0 radical (unpaired) electrons. The molecular formula is C14H16N2O. The van der Waals surface area contributed by atoms with Crippen LogP contribution in [0.15, 0.2) is 36.5 Å². The molecule has 17 heavy (non-hydrogen) atoms. The highest BCUT2D eigenvalue weighted by Gasteiger charge is 2.04. The summed E-state index contributed by atoms with van der Waals surface area (Å²) < 4.78 is 0. The maximum Gasteiger partial charge on any atom is 0.129 e. The average molecular weight is 228 g/mol. The van der Waals surface area contributed by atoms with E-state index in [2.05, 4.69) is 29.0 Å². The summed E-state index contributed by atoms with van der Waals surface area (Å²) in [5, 5.41) is 8.80. The monoisotopic (exact) mass is 228 g/mol. The summed E-state index contributed by atoms with van der Waals surface area (Å²) >= 11 is 0. The van der Waals surface area contributed by atoms with Crippen LogP contribution in [0.3, 0.4) is 0 Å². The molecule has 2 rings (SSSR count). The van der Waals surface area contributed by atoms with E-state index in [1.165, 1.54) is 5.56 Å². The van der Waals surface area contributed by atoms with E-state index in [1.807, 2.05) is 18.2 Å². The molecule has 1 aromatic carbocycles. The van der Waals surface area contributed by atoms with Crippen molar-refractivity contribution < 1.29 is 5.11 Å². The Morgan fingerprint density at radius 1 is 1.18 bits per heavy atom. The number of benzene rings is 1. The third-order valence-corrected chi connectivity index (χ3v) is 2.68. The Morgan fingerprint density at radius 2 is 2.00 bits per heavy atom. The van der Waals surface area contributed by atoms with Crippen LogP contribution in [0.4, 0.5) is 0 Å². The molecule has 0 aliphatic rings. The van der Waals surface area contributed by atoms with Gasteiger partial charge in [0, 0.05) is 24.8 Å². The molecule has 0 aliphatic heterocycles. The first kappa shape index (κ1) is 11.7. The van der Waals surface area contributed by atoms with Crippen LogP contribution in [0.1, 0.15) is 17.8 Å². The fourth-order valence-corrected chi connectivity index (χ4v) is 1.77. The number of aliphatic hydroxyl groups is 1. The lowest BCUT2D eigenvalue weighted by Crippen LogP contribution is -1.98. The van der Waals surface area contributed by atoms with Crippen molar-refractivity contribution in [3.05, 3.63) is 47.9 Å². The molecule has 0 amide bonds. The van der Waals surface area contributed by atoms with Crippen molar-refractivity contribution in [2.75, 3.05) is 6.61 Å². The molecule has 0 aliphatic carbocycles. The third kappa shape index (κ3) is 2.88. The van der Waals surface area contributed by atoms with Gasteiger partial charge in [-0.3, -0.25) is 0 Å². The van der Waals surface area contributed by atoms with Crippen LogP contribution in [-0.4, -0.2) is 21.7 Å². The zero-order chi connectivity index (χ0) is 12.1. The summed E-state index contributed by atoms with van der Waals surface area (Å²) in [6, 6.07) is 10.1. The van der Waals surface area contributed by atoms with Gasteiger partial charge in [0.1, 0.15) is 5.82 Å². The van der Waals surface area contributed by atoms with Crippen LogP contribution >= 0.6 is 0 Å². The Kier molecular flexibility index (Phi) is 3.83. The quantitative estimate of drug-likeness (QED) is 0.873. The highest BCUT2D eigenvalue weighted by Crippen LogP contribution is 2.20. The van der Waals surface area contributed by atoms with Crippen LogP contribution in [0, 0.1) is 6.92 Å². The van der Waals surface area contributed by atoms with Crippen molar-refractivity contribution in [3.63, 3.8) is 0 Å². The van der Waals surface area contributed by atoms with Crippen molar-refractivity contribution in [2.45, 2.75) is 19.8 Å². The van der Waals surface area contributed by atoms with Gasteiger partial charge in [0.25, 0.3) is 0 Å². The molecule has 0 bridgehead atoms. The maximum absolute atomic E-state index is 8.80. The summed E-state index contributed by atoms with van der Waals surface area (Å²) in [6.45, 7) is 2.25. The Morgan fingerprint density at radius 3 is 2.76 bits per heavy atom. The van der Waals surface area contributed by atoms with Gasteiger partial charge in [-0.1, -0.05) is 24.3 Å². The van der Waals surface area contributed by atoms with Crippen molar-refractivity contribution in [1.29, 1.82) is 0 Å². The number of aromatic nitrogens is 2. The predicted octanol–water partition coefficient (Wildman–Crippen LogP) is 2.38. The first-order valence-corrected chi connectivity index (χ1v) is 5.80. The molecule has 88 valence electrons. The minimum atomic E-state index is 0.179. The number of aliphatic hydroxyl groups excluding tert-OH is 1. The minimum Gasteiger partial charge on any atom is -0.396 e. The summed E-state index contributed by atoms with van der Waals surface area (Å²) in [6.07, 6.45) is 3.20. The topological polar surface area (TPSA) is 46.0 Å². The van der Waals surface area contributed by atoms with E-state index >= 15 is 0 Å². The lowest BCUT2D eigenvalue weighted by Gasteiger charge is -2.06. The molecule has 1 N–H and O–H groups in total. The van der Waals surface area contributed by atoms with Gasteiger partial charge in [-0.05, 0) is 25.0 Å². The lowest BCUT2D eigenvalue weighted by molar-refractivity contribution is 0.287. The molecule has 1 aromatic heterocycles. The summed E-state index contributed by atoms with van der Waals surface area (Å²) in [5.41, 5.74) is 3.30. The van der Waals surface area contributed by atoms with Gasteiger partial charge >= 0.3 is 0 Å². The molecule has 0 saturated carbocycles. The molecule has 3 heteroatoms. The minimum absolute atomic E-state index is 0.179. The van der Waals surface area contributed by atoms with Crippen molar-refractivity contribution in [3.8, 4) is 11.3 Å². The van der Waals surface area contributed by atoms with E-state index in [0.717, 1.165) is 23.5 Å². The van der Waals surface area contributed by atoms with Gasteiger partial charge in [-0.15, -0.1) is 0 Å². The van der Waals surface area contributed by atoms with Gasteiger partial charge in [-0.25, -0.2) is 9.97 Å². The standard InChI is InChI=1S/C14H16N2O/c1-11-5-2-3-6-12(11)13-8-9-15-14(16-13)7-4-10-17/h2-3,5-6,8-9,17H,4,7,10H2,1H3. The van der Waals surface area contributed by atoms with Crippen molar-refractivity contribution in [1.82, 2.24) is 9.97 Å². The molecule has 0 fully saturated rings. The Bertz CT molecular complexity index is 497. The number of rotatable bonds is 4. The van der Waals surface area contributed by atoms with Gasteiger partial charge in [0.05, 0.1) is 5.69 Å². The summed E-state index contributed by atoms with van der Waals surface area (Å²) in [5.74, 6) is 0.791. The smallest absolute Gasteiger partial charge is 0.129 e. The fourth-order valence-electron chi connectivity index (χ4n) is 1.77. The molecule has 0 atom stereocenters. The third-order valence-electron chi connectivity index (χ3n) is 2.68. The Balaban J connectivity index is 2.30. The fraction of sp³-hybridized carbons (Fsp3) is 0.286. The molecule has 0 spiro atoms. The lowest BCUT2D eigenvalue weighted by atomic mass is 10.1. The van der Waals surface area contributed by atoms with E-state index in [0.29, 0.717) is 6.42 Å². The van der Waals surface area contributed by atoms with Crippen LogP contribution in [0.2, 0.25) is 0 Å². The second-order valence-corrected chi connectivity index (χ2v) is 4.00. The second-order valence-electron chi connectivity index (χ2n) is 4.00. The molecular weight excluding hydrogens is 212 g/mol. The van der Waals surface area contributed by atoms with Crippen LogP contribution in [0.25, 0.3) is 11.3 Å². The molecule has 1 heterocycles. The molecule has 2 aromatic rings. The van der Waals surface area contributed by atoms with Gasteiger partial charge in [-0.2, -0.15) is 0 Å². The van der Waals surface area contributed by atoms with Crippen LogP contribution in [-0.2, 0) is 6.42 Å². The first-order valence-electron chi connectivity index (χ1n) is 5.80. The highest BCUT2D eigenvalue weighted by molar-refractivity contribution is 5.62. The largest absolute Gasteiger partial charge is 0.396 e. The maximum atomic E-state index is 8.80. The molecule has 0 saturated heterocycles. The Labute approximate surface area is 101 Å². The van der Waals surface area contributed by atoms with E-state index in [-0.39, 0.29) is 6.61 Å². The van der Waals surface area contributed by atoms with Gasteiger partial charge in [0.2, 0.25) is 0 Å². The van der Waals surface area contributed by atoms with Gasteiger partial charge < -0.3 is 5.11 Å². The molecule has 0 unspecified atom stereocenters. The summed E-state index contributed by atoms with van der Waals surface area (Å²) in [4.78, 5) is 8.73. The number of hydrogen-bond donors (Lipinski definition) is 1. The zero-order valence-electron chi connectivity index (χ0n) is 9.93. The van der Waals surface area contributed by atoms with Crippen LogP contribution in [0.5, 0.6) is 0 Å². The SMILES string of the molecule is Cc1ccccc1-c1ccnc(CCCO)n1. The average Bonchev–Trinajstić information content (AvgIpc) is 2.37. The second kappa shape index (κ2) is 5.55. The number of hydrogen-bond acceptors (Lipinski definition) is 3. The predicted molar refractivity (Wildman–Crippen MR) is 67.6 cm³/mol.